The van der Waals surface area contributed by atoms with Gasteiger partial charge in [-0.1, -0.05) is 19.9 Å². The van der Waals surface area contributed by atoms with Crippen molar-refractivity contribution in [3.63, 3.8) is 0 Å². The number of nitrogens with zero attached hydrogens (tertiary/aromatic N) is 4. The monoisotopic (exact) mass is 363 g/mol. The summed E-state index contributed by atoms with van der Waals surface area (Å²) in [7, 11) is 2.13. The van der Waals surface area contributed by atoms with Crippen molar-refractivity contribution >= 4 is 34.4 Å². The second-order valence-electron chi connectivity index (χ2n) is 7.07. The highest BCUT2D eigenvalue weighted by Crippen LogP contribution is 2.29. The number of amides is 1. The van der Waals surface area contributed by atoms with Crippen LogP contribution in [0.1, 0.15) is 20.3 Å². The average molecular weight is 364 g/mol. The molecule has 0 bridgehead atoms. The van der Waals surface area contributed by atoms with Gasteiger partial charge in [0, 0.05) is 32.7 Å². The lowest BCUT2D eigenvalue weighted by Crippen LogP contribution is -2.44. The number of rotatable bonds is 4. The topological polar surface area (TPSA) is 53.4 Å². The van der Waals surface area contributed by atoms with Gasteiger partial charge in [-0.25, -0.2) is 14.3 Å². The van der Waals surface area contributed by atoms with Crippen molar-refractivity contribution in [1.29, 1.82) is 0 Å². The predicted molar refractivity (Wildman–Crippen MR) is 103 cm³/mol. The number of carbonyl (C=O) groups excluding carboxylic acids is 1. The normalized spacial score (nSPS) is 16.0. The fraction of sp³-hybridized carbons (Fsp3) is 0.556. The van der Waals surface area contributed by atoms with Gasteiger partial charge in [-0.2, -0.15) is 0 Å². The standard InChI is InChI=1S/C18H26ClN5O/c1-13(2)7-8-20-18(25)24-15-6-4-5-14(16(15)21-17(24)19)23-11-9-22(3)10-12-23/h4-6,13H,7-12H2,1-3H3,(H,20,25). The summed E-state index contributed by atoms with van der Waals surface area (Å²) >= 11 is 6.30. The molecule has 0 atom stereocenters. The molecule has 3 rings (SSSR count). The molecule has 1 saturated heterocycles. The van der Waals surface area contributed by atoms with Crippen LogP contribution in [0.5, 0.6) is 0 Å². The summed E-state index contributed by atoms with van der Waals surface area (Å²) in [6.07, 6.45) is 0.933. The number of anilines is 1. The van der Waals surface area contributed by atoms with Gasteiger partial charge < -0.3 is 15.1 Å². The Labute approximate surface area is 153 Å². The number of hydrogen-bond acceptors (Lipinski definition) is 4. The summed E-state index contributed by atoms with van der Waals surface area (Å²) < 4.78 is 1.47. The van der Waals surface area contributed by atoms with Gasteiger partial charge in [0.15, 0.2) is 0 Å². The van der Waals surface area contributed by atoms with Crippen LogP contribution in [0.3, 0.4) is 0 Å². The molecule has 1 N–H and O–H groups in total. The summed E-state index contributed by atoms with van der Waals surface area (Å²) in [5, 5.41) is 3.14. The smallest absolute Gasteiger partial charge is 0.328 e. The van der Waals surface area contributed by atoms with Crippen LogP contribution in [0.4, 0.5) is 10.5 Å². The summed E-state index contributed by atoms with van der Waals surface area (Å²) in [6.45, 7) is 8.81. The van der Waals surface area contributed by atoms with Gasteiger partial charge in [0.25, 0.3) is 0 Å². The van der Waals surface area contributed by atoms with Crippen molar-refractivity contribution in [1.82, 2.24) is 19.8 Å². The van der Waals surface area contributed by atoms with E-state index in [0.717, 1.165) is 49.3 Å². The van der Waals surface area contributed by atoms with Gasteiger partial charge in [-0.05, 0) is 43.1 Å². The lowest BCUT2D eigenvalue weighted by Gasteiger charge is -2.34. The molecule has 2 heterocycles. The molecule has 0 aliphatic carbocycles. The van der Waals surface area contributed by atoms with E-state index >= 15 is 0 Å². The second kappa shape index (κ2) is 7.62. The Morgan fingerprint density at radius 2 is 2.00 bits per heavy atom. The number of para-hydroxylation sites is 1. The Kier molecular flexibility index (Phi) is 5.49. The molecular formula is C18H26ClN5O. The van der Waals surface area contributed by atoms with E-state index in [9.17, 15) is 4.79 Å². The van der Waals surface area contributed by atoms with E-state index in [1.807, 2.05) is 12.1 Å². The Balaban J connectivity index is 1.87. The van der Waals surface area contributed by atoms with E-state index in [1.165, 1.54) is 4.57 Å². The summed E-state index contributed by atoms with van der Waals surface area (Å²) in [6, 6.07) is 5.70. The van der Waals surface area contributed by atoms with Gasteiger partial charge in [0.1, 0.15) is 5.52 Å². The Bertz CT molecular complexity index is 749. The molecule has 1 aromatic carbocycles. The van der Waals surface area contributed by atoms with Crippen LogP contribution in [0.25, 0.3) is 11.0 Å². The van der Waals surface area contributed by atoms with Crippen LogP contribution in [0, 0.1) is 5.92 Å². The average Bonchev–Trinajstić information content (AvgIpc) is 2.91. The van der Waals surface area contributed by atoms with Crippen LogP contribution < -0.4 is 10.2 Å². The number of carbonyl (C=O) groups is 1. The highest BCUT2D eigenvalue weighted by molar-refractivity contribution is 6.30. The van der Waals surface area contributed by atoms with Crippen molar-refractivity contribution in [3.05, 3.63) is 23.5 Å². The zero-order chi connectivity index (χ0) is 18.0. The van der Waals surface area contributed by atoms with Crippen LogP contribution >= 0.6 is 11.6 Å². The van der Waals surface area contributed by atoms with E-state index in [4.69, 9.17) is 11.6 Å². The highest BCUT2D eigenvalue weighted by Gasteiger charge is 2.21. The largest absolute Gasteiger partial charge is 0.367 e. The molecule has 25 heavy (non-hydrogen) atoms. The summed E-state index contributed by atoms with van der Waals surface area (Å²) in [5.41, 5.74) is 2.58. The maximum atomic E-state index is 12.6. The summed E-state index contributed by atoms with van der Waals surface area (Å²) in [4.78, 5) is 21.7. The molecule has 0 radical (unpaired) electrons. The molecule has 0 saturated carbocycles. The van der Waals surface area contributed by atoms with E-state index in [1.54, 1.807) is 0 Å². The number of fused-ring (bicyclic) bond motifs is 1. The fourth-order valence-electron chi connectivity index (χ4n) is 3.10. The van der Waals surface area contributed by atoms with Crippen LogP contribution in [-0.4, -0.2) is 60.3 Å². The van der Waals surface area contributed by atoms with E-state index in [2.05, 4.69) is 47.1 Å². The first-order chi connectivity index (χ1) is 12.0. The van der Waals surface area contributed by atoms with E-state index in [-0.39, 0.29) is 11.3 Å². The van der Waals surface area contributed by atoms with Crippen LogP contribution in [0.15, 0.2) is 18.2 Å². The molecule has 6 nitrogen and oxygen atoms in total. The third-order valence-corrected chi connectivity index (χ3v) is 4.92. The third kappa shape index (κ3) is 3.90. The quantitative estimate of drug-likeness (QED) is 0.907. The number of benzene rings is 1. The number of piperazine rings is 1. The first-order valence-corrected chi connectivity index (χ1v) is 9.24. The lowest BCUT2D eigenvalue weighted by molar-refractivity contribution is 0.242. The SMILES string of the molecule is CC(C)CCNC(=O)n1c(Cl)nc2c(N3CCN(C)CC3)cccc21. The third-order valence-electron chi connectivity index (χ3n) is 4.67. The molecule has 0 unspecified atom stereocenters. The number of aromatic nitrogens is 2. The van der Waals surface area contributed by atoms with Gasteiger partial charge in [-0.3, -0.25) is 0 Å². The zero-order valence-electron chi connectivity index (χ0n) is 15.1. The van der Waals surface area contributed by atoms with Crippen molar-refractivity contribution in [2.75, 3.05) is 44.7 Å². The molecule has 1 fully saturated rings. The number of nitrogens with one attached hydrogen (secondary N) is 1. The number of halogens is 1. The summed E-state index contributed by atoms with van der Waals surface area (Å²) in [5.74, 6) is 0.541. The van der Waals surface area contributed by atoms with Crippen molar-refractivity contribution < 1.29 is 4.79 Å². The molecule has 7 heteroatoms. The maximum Gasteiger partial charge on any atom is 0.328 e. The highest BCUT2D eigenvalue weighted by atomic mass is 35.5. The molecule has 1 amide bonds. The minimum absolute atomic E-state index is 0.207. The van der Waals surface area contributed by atoms with Gasteiger partial charge in [0.05, 0.1) is 11.2 Å². The first kappa shape index (κ1) is 18.0. The number of hydrogen-bond donors (Lipinski definition) is 1. The molecule has 1 aliphatic rings. The molecule has 0 spiro atoms. The maximum absolute atomic E-state index is 12.6. The molecule has 136 valence electrons. The van der Waals surface area contributed by atoms with E-state index < -0.39 is 0 Å². The Hall–Kier alpha value is -1.79. The van der Waals surface area contributed by atoms with Gasteiger partial charge in [0.2, 0.25) is 5.28 Å². The van der Waals surface area contributed by atoms with Crippen molar-refractivity contribution in [2.24, 2.45) is 5.92 Å². The zero-order valence-corrected chi connectivity index (χ0v) is 15.9. The molecule has 1 aliphatic heterocycles. The first-order valence-electron chi connectivity index (χ1n) is 8.86. The molecule has 1 aromatic heterocycles. The number of likely N-dealkylation sites (N-methyl/N-ethyl adjacent to an activating group) is 1. The Morgan fingerprint density at radius 1 is 1.28 bits per heavy atom. The minimum Gasteiger partial charge on any atom is -0.367 e. The van der Waals surface area contributed by atoms with Crippen molar-refractivity contribution in [2.45, 2.75) is 20.3 Å². The second-order valence-corrected chi connectivity index (χ2v) is 7.40. The van der Waals surface area contributed by atoms with Crippen LogP contribution in [-0.2, 0) is 0 Å². The molecule has 2 aromatic rings. The van der Waals surface area contributed by atoms with Crippen LogP contribution in [0.2, 0.25) is 5.28 Å². The Morgan fingerprint density at radius 3 is 2.68 bits per heavy atom. The predicted octanol–water partition coefficient (Wildman–Crippen LogP) is 3.05. The number of imidazole rings is 1. The lowest BCUT2D eigenvalue weighted by atomic mass is 10.1. The fourth-order valence-corrected chi connectivity index (χ4v) is 3.35. The van der Waals surface area contributed by atoms with E-state index in [0.29, 0.717) is 12.5 Å². The minimum atomic E-state index is -0.219. The van der Waals surface area contributed by atoms with Gasteiger partial charge in [-0.15, -0.1) is 0 Å². The van der Waals surface area contributed by atoms with Crippen molar-refractivity contribution in [3.8, 4) is 0 Å². The molecular weight excluding hydrogens is 338 g/mol. The van der Waals surface area contributed by atoms with Gasteiger partial charge >= 0.3 is 6.03 Å².